The molecular weight excluding hydrogens is 1940 g/mol. The van der Waals surface area contributed by atoms with Crippen LogP contribution in [0.2, 0.25) is 0 Å². The van der Waals surface area contributed by atoms with Gasteiger partial charge in [-0.3, -0.25) is 76.7 Å². The third-order valence-electron chi connectivity index (χ3n) is 25.5. The van der Waals surface area contributed by atoms with Crippen LogP contribution >= 0.6 is 22.7 Å². The second kappa shape index (κ2) is 57.1. The van der Waals surface area contributed by atoms with Crippen LogP contribution in [-0.2, 0) is 112 Å². The summed E-state index contributed by atoms with van der Waals surface area (Å²) in [5.41, 5.74) is 1.22. The molecular formula is C102H140N18O25S2. The third-order valence-corrected chi connectivity index (χ3v) is 27.2. The van der Waals surface area contributed by atoms with Crippen LogP contribution in [0.4, 0.5) is 9.59 Å². The van der Waals surface area contributed by atoms with Crippen molar-refractivity contribution in [1.29, 1.82) is 0 Å². The zero-order valence-electron chi connectivity index (χ0n) is 84.3. The summed E-state index contributed by atoms with van der Waals surface area (Å²) in [6.45, 7) is 11.0. The Morgan fingerprint density at radius 2 is 1.21 bits per heavy atom. The van der Waals surface area contributed by atoms with Gasteiger partial charge < -0.3 is 125 Å². The number of aldehydes is 1. The molecule has 3 aliphatic heterocycles. The Hall–Kier alpha value is -14.1. The molecule has 5 aromatic rings. The third kappa shape index (κ3) is 37.7. The normalized spacial score (nSPS) is 23.5. The number of aliphatic hydroxyl groups excluding tert-OH is 1. The summed E-state index contributed by atoms with van der Waals surface area (Å²) in [5, 5.41) is 87.3. The first-order chi connectivity index (χ1) is 69.7. The molecule has 43 nitrogen and oxygen atoms in total. The van der Waals surface area contributed by atoms with E-state index in [0.29, 0.717) is 37.5 Å². The van der Waals surface area contributed by atoms with Gasteiger partial charge in [-0.25, -0.2) is 14.4 Å². The van der Waals surface area contributed by atoms with Crippen LogP contribution in [0.1, 0.15) is 216 Å². The van der Waals surface area contributed by atoms with Crippen LogP contribution in [0.5, 0.6) is 0 Å². The van der Waals surface area contributed by atoms with Crippen molar-refractivity contribution in [2.24, 2.45) is 11.1 Å². The van der Waals surface area contributed by atoms with Gasteiger partial charge in [-0.1, -0.05) is 119 Å². The number of ether oxygens (including phenoxy) is 1. The number of nitrogens with one attached hydrogen (secondary N) is 15. The Balaban J connectivity index is 1.04. The van der Waals surface area contributed by atoms with Crippen LogP contribution in [-0.4, -0.2) is 278 Å². The standard InChI is InChI=1S/C102H140N18O25S2/c1-61(83(103)128)106-85(130)71(109-88(133)75(53-68-58-147-79-37-24-23-35-69(68)79)112-86(131)72(104-9)52-66-40-48-146-57-66)38-39-80(123)105-44-27-25-36-70-92(137)118-101(60-121)43-46-119(59-101)98(144)145-47-28-19-17-15-13-11-10-12-14-16-18-26-41-102(42-30-45-120(102)63(3)122)96(142)114-76(54-81(124)125)89(134)113-78(56-99(4,5)6)91(136)116-97(143)115-77(55-82(126)127)90(135)111-74(51-65-33-29-34-67(49-65)94(139)140)93(138)117-100(7,8)95(141)107-62(2)84(129)110-73(87(132)108-70)50-64-31-21-20-22-32-64/h15,17-18,20-24,26,29,31-35,37,40,48-49,57-58,60-62,70-78,91,104,136H,10-14,16,19,25,27-28,30,36,38-39,41-47,50-56,59H2,1-9H3,(H2,103,128)(H,105,123)(H,106,130)(H,107,141)(H,108,132)(H,109,133)(H,110,129)(H,111,135)(H,112,131)(H,113,134)(H,114,142)(H,117,138)(H,118,137)(H,124,125)(H,126,127)(H,139,140)(H2,115,116,143)/b17-15+,26-18-/t61-,62-,70-,71-,72-,73-,74-,75-,76-,77-,78-,91?,101-,102-/m0/s1. The number of cyclic esters (lactones) is 1. The second-order valence-corrected chi connectivity index (χ2v) is 40.7. The summed E-state index contributed by atoms with van der Waals surface area (Å²) in [6, 6.07) is 4.37. The number of fused-ring (bicyclic) bond motifs is 3. The SMILES string of the molecule is CN[C@@H](Cc1ccsc1)C(=O)N[C@@H](Cc1csc2ccccc12)C(=O)N[C@@H](CCC(=O)NCCCC[C@@H]1NC(=O)[C@H](Cc2ccccc2)NC(=O)[C@H](C)NC(=O)C(C)(C)NC(=O)[C@H](Cc2cccc(C(=O)O)c2)NC(=O)[C@H](CC(=O)O)NC(=O)NC(O)[C@H](CC(C)(C)C)NC(=O)[C@H](CC(=O)O)NC(=O)[C@]2(C/C=C\CCCCCC/C=C/CCCOC(=O)N3CC[C@@](C=O)(C3)NC1=O)CCCN2C(C)=O)C(=O)N[C@@H](C)C(N)=O. The number of likely N-dealkylation sites (N-methyl/N-ethyl adjacent to an activating group) is 1. The van der Waals surface area contributed by atoms with Gasteiger partial charge in [0.25, 0.3) is 0 Å². The van der Waals surface area contributed by atoms with Gasteiger partial charge in [-0.2, -0.15) is 11.3 Å². The number of amides is 17. The molecule has 3 aliphatic rings. The topological polar surface area (TPSA) is 644 Å². The molecule has 8 rings (SSSR count). The minimum atomic E-state index is -2.13. The van der Waals surface area contributed by atoms with Crippen LogP contribution in [0.15, 0.2) is 125 Å². The molecule has 0 saturated carbocycles. The number of likely N-dealkylation sites (tertiary alicyclic amines) is 1. The van der Waals surface area contributed by atoms with E-state index in [1.807, 2.05) is 64.7 Å². The van der Waals surface area contributed by atoms with E-state index in [0.717, 1.165) is 59.4 Å². The lowest BCUT2D eigenvalue weighted by atomic mass is 9.87. The number of hydrogen-bond donors (Lipinski definition) is 20. The first kappa shape index (κ1) is 118. The van der Waals surface area contributed by atoms with E-state index in [9.17, 15) is 107 Å². The van der Waals surface area contributed by atoms with Gasteiger partial charge in [0, 0.05) is 56.9 Å². The number of allylic oxidation sites excluding steroid dienone is 3. The van der Waals surface area contributed by atoms with E-state index in [4.69, 9.17) is 10.5 Å². The molecule has 800 valence electrons. The molecule has 3 aromatic carbocycles. The van der Waals surface area contributed by atoms with Gasteiger partial charge in [-0.15, -0.1) is 11.3 Å². The van der Waals surface area contributed by atoms with E-state index in [1.165, 1.54) is 85.3 Å². The van der Waals surface area contributed by atoms with Gasteiger partial charge in [0.15, 0.2) is 0 Å². The number of carboxylic acids is 3. The Labute approximate surface area is 860 Å². The number of aliphatic carboxylic acids is 2. The summed E-state index contributed by atoms with van der Waals surface area (Å²) in [4.78, 5) is 281. The molecule has 45 heteroatoms. The molecule has 2 saturated heterocycles. The fraction of sp³-hybridized carbons (Fsp3) is 0.529. The number of primary amides is 1. The predicted octanol–water partition coefficient (Wildman–Crippen LogP) is 3.66. The van der Waals surface area contributed by atoms with Gasteiger partial charge in [-0.05, 0) is 211 Å². The summed E-state index contributed by atoms with van der Waals surface area (Å²) >= 11 is 2.88. The maximum Gasteiger partial charge on any atom is 0.409 e. The number of carbonyl (C=O) groups is 20. The average molecular weight is 2080 g/mol. The minimum Gasteiger partial charge on any atom is -0.481 e. The molecule has 1 unspecified atom stereocenters. The van der Waals surface area contributed by atoms with Crippen molar-refractivity contribution in [3.8, 4) is 0 Å². The highest BCUT2D eigenvalue weighted by Crippen LogP contribution is 2.35. The number of carboxylic acid groups (broad SMARTS) is 3. The van der Waals surface area contributed by atoms with Crippen molar-refractivity contribution in [2.75, 3.05) is 39.8 Å². The van der Waals surface area contributed by atoms with Crippen LogP contribution in [0.3, 0.4) is 0 Å². The van der Waals surface area contributed by atoms with E-state index >= 15 is 9.59 Å². The predicted molar refractivity (Wildman–Crippen MR) is 544 cm³/mol. The number of unbranched alkanes of at least 4 members (excludes halogenated alkanes) is 1. The molecule has 147 heavy (non-hydrogen) atoms. The lowest BCUT2D eigenvalue weighted by Crippen LogP contribution is -2.64. The monoisotopic (exact) mass is 2080 g/mol. The molecule has 2 aromatic heterocycles. The molecule has 21 N–H and O–H groups in total. The fourth-order valence-electron chi connectivity index (χ4n) is 17.3. The average Bonchev–Trinajstić information content (AvgIpc) is 1.70. The van der Waals surface area contributed by atoms with E-state index in [-0.39, 0.29) is 115 Å². The highest BCUT2D eigenvalue weighted by atomic mass is 32.1. The number of benzene rings is 3. The number of thiophene rings is 2. The minimum absolute atomic E-state index is 0.00488. The number of urea groups is 1. The number of rotatable bonds is 31. The van der Waals surface area contributed by atoms with Gasteiger partial charge >= 0.3 is 30.0 Å². The van der Waals surface area contributed by atoms with Crippen molar-refractivity contribution in [2.45, 2.75) is 299 Å². The second-order valence-electron chi connectivity index (χ2n) is 39.0. The highest BCUT2D eigenvalue weighted by molar-refractivity contribution is 7.17. The van der Waals surface area contributed by atoms with Crippen molar-refractivity contribution in [3.05, 3.63) is 153 Å². The molecule has 5 heterocycles. The van der Waals surface area contributed by atoms with E-state index in [2.05, 4.69) is 79.8 Å². The molecule has 0 aliphatic carbocycles. The number of aromatic carboxylic acids is 1. The molecule has 17 amide bonds. The number of nitrogens with zero attached hydrogens (tertiary/aromatic N) is 2. The Morgan fingerprint density at radius 3 is 1.86 bits per heavy atom. The maximum absolute atomic E-state index is 15.1. The smallest absolute Gasteiger partial charge is 0.409 e. The molecule has 1 spiro atoms. The molecule has 14 atom stereocenters. The number of aliphatic hydroxyl groups is 1. The van der Waals surface area contributed by atoms with Crippen LogP contribution in [0, 0.1) is 5.41 Å². The van der Waals surface area contributed by atoms with Gasteiger partial charge in [0.2, 0.25) is 82.7 Å². The summed E-state index contributed by atoms with van der Waals surface area (Å²) in [7, 11) is 1.61. The van der Waals surface area contributed by atoms with Gasteiger partial charge in [0.05, 0.1) is 43.6 Å². The summed E-state index contributed by atoms with van der Waals surface area (Å²) in [5.74, 6) is -17.3. The first-order valence-electron chi connectivity index (χ1n) is 49.3. The lowest BCUT2D eigenvalue weighted by molar-refractivity contribution is -0.146. The number of nitrogens with two attached hydrogens (primary N) is 1. The van der Waals surface area contributed by atoms with E-state index in [1.54, 1.807) is 64.2 Å². The summed E-state index contributed by atoms with van der Waals surface area (Å²) in [6.07, 6.45) is 7.47. The van der Waals surface area contributed by atoms with Crippen molar-refractivity contribution in [3.63, 3.8) is 0 Å². The van der Waals surface area contributed by atoms with Crippen molar-refractivity contribution < 1.29 is 121 Å². The Kier molecular flexibility index (Phi) is 45.9. The van der Waals surface area contributed by atoms with E-state index < -0.39 is 233 Å². The summed E-state index contributed by atoms with van der Waals surface area (Å²) < 4.78 is 6.56. The van der Waals surface area contributed by atoms with Gasteiger partial charge in [0.1, 0.15) is 83.5 Å². The van der Waals surface area contributed by atoms with Crippen molar-refractivity contribution >= 4 is 152 Å². The highest BCUT2D eigenvalue weighted by Gasteiger charge is 2.50. The fourth-order valence-corrected chi connectivity index (χ4v) is 18.9. The van der Waals surface area contributed by atoms with Crippen molar-refractivity contribution in [1.82, 2.24) is 89.6 Å². The number of carbonyl (C=O) groups excluding carboxylic acids is 17. The largest absolute Gasteiger partial charge is 0.481 e. The number of hydrogen-bond acceptors (Lipinski definition) is 25. The van der Waals surface area contributed by atoms with Crippen LogP contribution in [0.25, 0.3) is 10.1 Å². The molecule has 0 radical (unpaired) electrons. The quantitative estimate of drug-likeness (QED) is 0.0171. The first-order valence-corrected chi connectivity index (χ1v) is 51.1. The lowest BCUT2D eigenvalue weighted by Gasteiger charge is -2.37. The zero-order valence-corrected chi connectivity index (χ0v) is 85.9. The Morgan fingerprint density at radius 1 is 0.605 bits per heavy atom. The molecule has 2 bridgehead atoms. The van der Waals surface area contributed by atoms with Crippen LogP contribution < -0.4 is 85.5 Å². The maximum atomic E-state index is 15.1. The molecule has 2 fully saturated rings. The zero-order chi connectivity index (χ0) is 108. The Bertz CT molecular complexity index is 5520.